The molecule has 5 nitrogen and oxygen atoms in total. The van der Waals surface area contributed by atoms with Crippen molar-refractivity contribution in [3.05, 3.63) is 12.7 Å². The molecule has 0 radical (unpaired) electrons. The van der Waals surface area contributed by atoms with E-state index in [1.807, 2.05) is 0 Å². The topological polar surface area (TPSA) is 95.9 Å². The van der Waals surface area contributed by atoms with Crippen LogP contribution in [-0.2, 0) is 4.43 Å². The van der Waals surface area contributed by atoms with Crippen LogP contribution in [-0.4, -0.2) is 29.7 Å². The van der Waals surface area contributed by atoms with E-state index in [1.54, 1.807) is 0 Å². The molecule has 54 valence electrons. The smallest absolute Gasteiger partial charge is 0.368 e. The molecule has 0 bridgehead atoms. The molecule has 0 aliphatic carbocycles. The molecule has 1 atom stereocenters. The van der Waals surface area contributed by atoms with Crippen molar-refractivity contribution in [3.8, 4) is 0 Å². The fraction of sp³-hybridized carbons (Fsp3) is 0.333. The molecule has 6 heteroatoms. The van der Waals surface area contributed by atoms with Crippen LogP contribution >= 0.6 is 0 Å². The second kappa shape index (κ2) is 3.06. The molecule has 0 aliphatic heterocycles. The number of nitrogens with two attached hydrogens (primary N) is 1. The maximum Gasteiger partial charge on any atom is 0.672 e. The van der Waals surface area contributed by atoms with E-state index in [9.17, 15) is 0 Å². The highest BCUT2D eigenvalue weighted by atomic mass is 28.4. The van der Waals surface area contributed by atoms with Crippen LogP contribution in [0.3, 0.4) is 0 Å². The van der Waals surface area contributed by atoms with E-state index in [4.69, 9.17) is 20.1 Å². The summed E-state index contributed by atoms with van der Waals surface area (Å²) in [5, 5.41) is 0. The molecular formula is C3H9NO4Si. The van der Waals surface area contributed by atoms with Gasteiger partial charge in [-0.3, -0.25) is 0 Å². The van der Waals surface area contributed by atoms with E-state index < -0.39 is 15.3 Å². The highest BCUT2D eigenvalue weighted by Crippen LogP contribution is 1.92. The maximum atomic E-state index is 8.22. The zero-order valence-electron chi connectivity index (χ0n) is 4.69. The van der Waals surface area contributed by atoms with E-state index in [0.717, 1.165) is 6.08 Å². The minimum atomic E-state index is -4.44. The Morgan fingerprint density at radius 2 is 2.00 bits per heavy atom. The van der Waals surface area contributed by atoms with E-state index in [0.29, 0.717) is 0 Å². The zero-order chi connectivity index (χ0) is 7.49. The predicted octanol–water partition coefficient (Wildman–Crippen LogP) is -2.11. The summed E-state index contributed by atoms with van der Waals surface area (Å²) in [5.74, 6) is 0. The van der Waals surface area contributed by atoms with Crippen molar-refractivity contribution in [1.29, 1.82) is 0 Å². The molecule has 0 aromatic rings. The molecule has 0 amide bonds. The first-order valence-corrected chi connectivity index (χ1v) is 3.94. The first-order valence-electron chi connectivity index (χ1n) is 2.19. The molecule has 0 aliphatic rings. The fourth-order valence-electron chi connectivity index (χ4n) is 0.231. The minimum Gasteiger partial charge on any atom is -0.368 e. The van der Waals surface area contributed by atoms with Gasteiger partial charge < -0.3 is 24.5 Å². The highest BCUT2D eigenvalue weighted by Gasteiger charge is 2.32. The Labute approximate surface area is 53.5 Å². The molecule has 0 saturated heterocycles. The van der Waals surface area contributed by atoms with Crippen molar-refractivity contribution in [2.75, 3.05) is 0 Å². The van der Waals surface area contributed by atoms with Gasteiger partial charge in [-0.05, 0) is 6.08 Å². The molecule has 0 spiro atoms. The summed E-state index contributed by atoms with van der Waals surface area (Å²) in [4.78, 5) is 24.7. The van der Waals surface area contributed by atoms with Gasteiger partial charge in [-0.1, -0.05) is 6.58 Å². The molecule has 0 saturated carbocycles. The van der Waals surface area contributed by atoms with E-state index in [-0.39, 0.29) is 0 Å². The van der Waals surface area contributed by atoms with Gasteiger partial charge in [-0.2, -0.15) is 0 Å². The van der Waals surface area contributed by atoms with Gasteiger partial charge in [0.25, 0.3) is 0 Å². The van der Waals surface area contributed by atoms with Crippen molar-refractivity contribution in [1.82, 2.24) is 0 Å². The summed E-state index contributed by atoms with van der Waals surface area (Å²) in [6.07, 6.45) is 0.0985. The Hall–Kier alpha value is -0.243. The molecule has 0 aromatic carbocycles. The minimum absolute atomic E-state index is 1.03. The summed E-state index contributed by atoms with van der Waals surface area (Å²) >= 11 is 0. The van der Waals surface area contributed by atoms with Crippen LogP contribution in [0.25, 0.3) is 0 Å². The van der Waals surface area contributed by atoms with Gasteiger partial charge in [-0.25, -0.2) is 0 Å². The highest BCUT2D eigenvalue weighted by molar-refractivity contribution is 6.48. The molecule has 9 heavy (non-hydrogen) atoms. The first-order chi connectivity index (χ1) is 3.95. The van der Waals surface area contributed by atoms with Gasteiger partial charge in [0.2, 0.25) is 0 Å². The van der Waals surface area contributed by atoms with Crippen molar-refractivity contribution >= 4 is 9.05 Å². The second-order valence-electron chi connectivity index (χ2n) is 1.39. The average molecular weight is 151 g/mol. The average Bonchev–Trinajstić information content (AvgIpc) is 1.62. The summed E-state index contributed by atoms with van der Waals surface area (Å²) in [6, 6.07) is 0. The lowest BCUT2D eigenvalue weighted by atomic mass is 10.6. The Bertz CT molecular complexity index is 100. The van der Waals surface area contributed by atoms with Gasteiger partial charge in [0, 0.05) is 0 Å². The summed E-state index contributed by atoms with van der Waals surface area (Å²) in [6.45, 7) is 3.18. The molecular weight excluding hydrogens is 142 g/mol. The second-order valence-corrected chi connectivity index (χ2v) is 2.78. The Kier molecular flexibility index (Phi) is 2.98. The third kappa shape index (κ3) is 5.63. The monoisotopic (exact) mass is 151 g/mol. The SMILES string of the molecule is C=CC(N)O[Si](O)(O)O. The van der Waals surface area contributed by atoms with Crippen molar-refractivity contribution < 1.29 is 18.8 Å². The van der Waals surface area contributed by atoms with Crippen LogP contribution in [0.4, 0.5) is 0 Å². The lowest BCUT2D eigenvalue weighted by Gasteiger charge is -2.12. The van der Waals surface area contributed by atoms with Crippen LogP contribution in [0.1, 0.15) is 0 Å². The van der Waals surface area contributed by atoms with Gasteiger partial charge in [-0.15, -0.1) is 0 Å². The fourth-order valence-corrected chi connectivity index (χ4v) is 0.692. The zero-order valence-corrected chi connectivity index (χ0v) is 5.69. The third-order valence-corrected chi connectivity index (χ3v) is 1.11. The summed E-state index contributed by atoms with van der Waals surface area (Å²) in [7, 11) is -4.44. The Morgan fingerprint density at radius 1 is 1.56 bits per heavy atom. The number of hydrogen-bond donors (Lipinski definition) is 4. The summed E-state index contributed by atoms with van der Waals surface area (Å²) in [5.41, 5.74) is 4.97. The molecule has 0 heterocycles. The van der Waals surface area contributed by atoms with Gasteiger partial charge >= 0.3 is 9.05 Å². The molecule has 5 N–H and O–H groups in total. The van der Waals surface area contributed by atoms with E-state index in [1.165, 1.54) is 0 Å². The molecule has 0 rings (SSSR count). The van der Waals surface area contributed by atoms with E-state index in [2.05, 4.69) is 11.0 Å². The van der Waals surface area contributed by atoms with Crippen molar-refractivity contribution in [3.63, 3.8) is 0 Å². The molecule has 1 unspecified atom stereocenters. The van der Waals surface area contributed by atoms with Crippen molar-refractivity contribution in [2.45, 2.75) is 6.23 Å². The van der Waals surface area contributed by atoms with Crippen LogP contribution in [0.15, 0.2) is 12.7 Å². The lowest BCUT2D eigenvalue weighted by Crippen LogP contribution is -2.44. The first kappa shape index (κ1) is 8.76. The summed E-state index contributed by atoms with van der Waals surface area (Å²) < 4.78 is 4.05. The molecule has 0 fully saturated rings. The van der Waals surface area contributed by atoms with Gasteiger partial charge in [0.1, 0.15) is 6.23 Å². The van der Waals surface area contributed by atoms with E-state index >= 15 is 0 Å². The van der Waals surface area contributed by atoms with Crippen LogP contribution in [0.5, 0.6) is 0 Å². The van der Waals surface area contributed by atoms with Gasteiger partial charge in [0.15, 0.2) is 0 Å². The molecule has 0 aromatic heterocycles. The lowest BCUT2D eigenvalue weighted by molar-refractivity contribution is 0.0422. The van der Waals surface area contributed by atoms with Crippen LogP contribution in [0, 0.1) is 0 Å². The Morgan fingerprint density at radius 3 is 2.11 bits per heavy atom. The number of rotatable bonds is 3. The largest absolute Gasteiger partial charge is 0.672 e. The maximum absolute atomic E-state index is 8.22. The van der Waals surface area contributed by atoms with Gasteiger partial charge in [0.05, 0.1) is 0 Å². The van der Waals surface area contributed by atoms with Crippen LogP contribution in [0.2, 0.25) is 0 Å². The standard InChI is InChI=1S/C3H9NO4Si/c1-2-3(4)8-9(5,6)7/h2-3,5-7H,1,4H2. The van der Waals surface area contributed by atoms with Crippen molar-refractivity contribution in [2.24, 2.45) is 5.73 Å². The Balaban J connectivity index is 3.59. The quantitative estimate of drug-likeness (QED) is 0.210. The third-order valence-electron chi connectivity index (χ3n) is 0.527. The number of hydrogen-bond acceptors (Lipinski definition) is 5. The van der Waals surface area contributed by atoms with Crippen LogP contribution < -0.4 is 5.73 Å². The predicted molar refractivity (Wildman–Crippen MR) is 31.7 cm³/mol. The normalized spacial score (nSPS) is 15.1.